The molecule has 83 heavy (non-hydrogen) atoms. The van der Waals surface area contributed by atoms with Crippen LogP contribution in [0.1, 0.15) is 335 Å². The maximum absolute atomic E-state index is 12.7. The van der Waals surface area contributed by atoms with Gasteiger partial charge >= 0.3 is 19.8 Å². The van der Waals surface area contributed by atoms with Crippen LogP contribution in [0.4, 0.5) is 0 Å². The third-order valence-electron chi connectivity index (χ3n) is 15.3. The molecule has 0 aromatic rings. The number of esters is 2. The van der Waals surface area contributed by atoms with Gasteiger partial charge in [0.2, 0.25) is 0 Å². The Morgan fingerprint density at radius 2 is 0.663 bits per heavy atom. The van der Waals surface area contributed by atoms with E-state index in [1.54, 1.807) is 0 Å². The Kier molecular flexibility index (Phi) is 66.0. The molecule has 0 heterocycles. The van der Waals surface area contributed by atoms with Crippen molar-refractivity contribution < 1.29 is 37.6 Å². The van der Waals surface area contributed by atoms with Gasteiger partial charge in [-0.1, -0.05) is 317 Å². The molecule has 0 amide bonds. The first-order valence-electron chi connectivity index (χ1n) is 35.1. The monoisotopic (exact) mass is 1180 g/mol. The second kappa shape index (κ2) is 68.3. The van der Waals surface area contributed by atoms with Crippen LogP contribution >= 0.6 is 7.82 Å². The molecule has 0 fully saturated rings. The minimum absolute atomic E-state index is 0.0481. The standard InChI is InChI=1S/C73H132NO8P/c1-3-5-7-9-11-13-15-17-19-21-23-25-27-29-30-31-32-33-34-35-36-37-38-39-40-42-43-45-47-49-51-53-55-57-59-61-63-65-72(75)79-69-71(70-81-83(77,78)80-68-67-74)82-73(76)66-64-62-60-58-56-54-52-50-48-46-44-41-28-26-24-22-20-18-16-14-12-10-8-6-4-2/h6,8,12,14,18,20-21,23-24,26,41,44,48,50,71H,3-5,7,9-11,13,15-17,19,22,25,27-40,42-43,45-47,49,51-70,74H2,1-2H3,(H,77,78)/b8-6-,14-12-,20-18-,23-21-,26-24-,44-41-,50-48-. The second-order valence-corrected chi connectivity index (χ2v) is 24.8. The minimum Gasteiger partial charge on any atom is -0.462 e. The summed E-state index contributed by atoms with van der Waals surface area (Å²) >= 11 is 0. The van der Waals surface area contributed by atoms with Crippen LogP contribution < -0.4 is 5.73 Å². The number of nitrogens with two attached hydrogens (primary N) is 1. The predicted octanol–water partition coefficient (Wildman–Crippen LogP) is 23.0. The number of phosphoric acid groups is 1. The molecule has 10 heteroatoms. The number of phosphoric ester groups is 1. The molecule has 0 radical (unpaired) electrons. The predicted molar refractivity (Wildman–Crippen MR) is 358 cm³/mol. The SMILES string of the molecule is CC/C=C\C/C=C\C/C=C\C/C=C\C/C=C\C/C=C\CCCCCCCCC(=O)OC(COC(=O)CCCCCCCCCCCCCCCCCCCCCCCCCCC/C=C\CCCCCCCCCC)COP(=O)(O)OCCN. The van der Waals surface area contributed by atoms with E-state index in [2.05, 4.69) is 98.9 Å². The molecule has 0 aliphatic heterocycles. The number of ether oxygens (including phenoxy) is 2. The zero-order valence-electron chi connectivity index (χ0n) is 54.2. The van der Waals surface area contributed by atoms with E-state index in [0.717, 1.165) is 96.3 Å². The van der Waals surface area contributed by atoms with Gasteiger partial charge < -0.3 is 20.1 Å². The lowest BCUT2D eigenvalue weighted by molar-refractivity contribution is -0.161. The van der Waals surface area contributed by atoms with E-state index in [9.17, 15) is 19.0 Å². The molecule has 0 aromatic carbocycles. The van der Waals surface area contributed by atoms with Crippen molar-refractivity contribution in [1.29, 1.82) is 0 Å². The number of rotatable bonds is 66. The Bertz CT molecular complexity index is 1640. The van der Waals surface area contributed by atoms with E-state index >= 15 is 0 Å². The lowest BCUT2D eigenvalue weighted by Gasteiger charge is -2.19. The molecule has 0 aliphatic carbocycles. The summed E-state index contributed by atoms with van der Waals surface area (Å²) in [6, 6.07) is 0. The van der Waals surface area contributed by atoms with Crippen molar-refractivity contribution in [3.63, 3.8) is 0 Å². The van der Waals surface area contributed by atoms with Crippen molar-refractivity contribution in [2.75, 3.05) is 26.4 Å². The van der Waals surface area contributed by atoms with Crippen molar-refractivity contribution >= 4 is 19.8 Å². The van der Waals surface area contributed by atoms with Crippen molar-refractivity contribution in [2.24, 2.45) is 5.73 Å². The van der Waals surface area contributed by atoms with E-state index in [1.165, 1.54) is 205 Å². The fourth-order valence-electron chi connectivity index (χ4n) is 10.1. The Labute approximate surface area is 513 Å². The molecule has 482 valence electrons. The highest BCUT2D eigenvalue weighted by molar-refractivity contribution is 7.47. The van der Waals surface area contributed by atoms with E-state index < -0.39 is 26.5 Å². The van der Waals surface area contributed by atoms with E-state index in [4.69, 9.17) is 24.3 Å². The van der Waals surface area contributed by atoms with Gasteiger partial charge in [0.1, 0.15) is 6.61 Å². The molecule has 0 rings (SSSR count). The molecule has 0 saturated heterocycles. The lowest BCUT2D eigenvalue weighted by atomic mass is 10.0. The van der Waals surface area contributed by atoms with E-state index in [-0.39, 0.29) is 38.6 Å². The molecule has 0 aliphatic rings. The van der Waals surface area contributed by atoms with Crippen molar-refractivity contribution in [1.82, 2.24) is 0 Å². The average molecular weight is 1180 g/mol. The van der Waals surface area contributed by atoms with Crippen LogP contribution in [0.15, 0.2) is 85.1 Å². The van der Waals surface area contributed by atoms with Gasteiger partial charge in [-0.2, -0.15) is 0 Å². The van der Waals surface area contributed by atoms with Gasteiger partial charge in [-0.3, -0.25) is 18.6 Å². The minimum atomic E-state index is -4.40. The fourth-order valence-corrected chi connectivity index (χ4v) is 10.9. The summed E-state index contributed by atoms with van der Waals surface area (Å²) in [5.41, 5.74) is 5.40. The van der Waals surface area contributed by atoms with Gasteiger partial charge in [0, 0.05) is 19.4 Å². The molecule has 0 spiro atoms. The normalized spacial score (nSPS) is 13.4. The first-order chi connectivity index (χ1) is 40.8. The highest BCUT2D eigenvalue weighted by Crippen LogP contribution is 2.43. The van der Waals surface area contributed by atoms with Gasteiger partial charge in [0.25, 0.3) is 0 Å². The Morgan fingerprint density at radius 1 is 0.373 bits per heavy atom. The third kappa shape index (κ3) is 68.2. The Hall–Kier alpha value is -2.81. The molecule has 0 bridgehead atoms. The molecule has 0 saturated carbocycles. The Balaban J connectivity index is 3.84. The number of hydrogen-bond acceptors (Lipinski definition) is 8. The fraction of sp³-hybridized carbons (Fsp3) is 0.781. The summed E-state index contributed by atoms with van der Waals surface area (Å²) in [5, 5.41) is 0. The maximum atomic E-state index is 12.7. The number of allylic oxidation sites excluding steroid dienone is 14. The molecule has 2 unspecified atom stereocenters. The smallest absolute Gasteiger partial charge is 0.462 e. The number of unbranched alkanes of at least 4 members (excludes halogenated alkanes) is 39. The summed E-state index contributed by atoms with van der Waals surface area (Å²) in [5.74, 6) is -0.836. The van der Waals surface area contributed by atoms with Crippen LogP contribution in [0.3, 0.4) is 0 Å². The molecule has 9 nitrogen and oxygen atoms in total. The van der Waals surface area contributed by atoms with Crippen LogP contribution in [0, 0.1) is 0 Å². The van der Waals surface area contributed by atoms with Gasteiger partial charge in [-0.25, -0.2) is 4.57 Å². The Morgan fingerprint density at radius 3 is 1.00 bits per heavy atom. The average Bonchev–Trinajstić information content (AvgIpc) is 3.49. The van der Waals surface area contributed by atoms with Crippen LogP contribution in [0.5, 0.6) is 0 Å². The number of hydrogen-bond donors (Lipinski definition) is 2. The molecular formula is C73H132NO8P. The molecular weight excluding hydrogens is 1050 g/mol. The molecule has 2 atom stereocenters. The zero-order valence-corrected chi connectivity index (χ0v) is 55.1. The quantitative estimate of drug-likeness (QED) is 0.0264. The summed E-state index contributed by atoms with van der Waals surface area (Å²) < 4.78 is 33.1. The van der Waals surface area contributed by atoms with E-state index in [1.807, 2.05) is 0 Å². The van der Waals surface area contributed by atoms with Crippen LogP contribution in [-0.2, 0) is 32.7 Å². The van der Waals surface area contributed by atoms with Crippen LogP contribution in [0.25, 0.3) is 0 Å². The highest BCUT2D eigenvalue weighted by atomic mass is 31.2. The number of carbonyl (C=O) groups is 2. The van der Waals surface area contributed by atoms with Crippen molar-refractivity contribution in [3.05, 3.63) is 85.1 Å². The van der Waals surface area contributed by atoms with Gasteiger partial charge in [0.05, 0.1) is 13.2 Å². The maximum Gasteiger partial charge on any atom is 0.472 e. The second-order valence-electron chi connectivity index (χ2n) is 23.4. The third-order valence-corrected chi connectivity index (χ3v) is 16.2. The van der Waals surface area contributed by atoms with Gasteiger partial charge in [0.15, 0.2) is 6.10 Å². The molecule has 0 aromatic heterocycles. The lowest BCUT2D eigenvalue weighted by Crippen LogP contribution is -2.29. The summed E-state index contributed by atoms with van der Waals surface area (Å²) in [6.45, 7) is 3.65. The summed E-state index contributed by atoms with van der Waals surface area (Å²) in [4.78, 5) is 35.3. The van der Waals surface area contributed by atoms with Crippen LogP contribution in [0.2, 0.25) is 0 Å². The van der Waals surface area contributed by atoms with Crippen LogP contribution in [-0.4, -0.2) is 49.3 Å². The number of carbonyl (C=O) groups excluding carboxylic acids is 2. The first kappa shape index (κ1) is 80.2. The summed E-state index contributed by atoms with van der Waals surface area (Å²) in [6.07, 6.45) is 91.2. The van der Waals surface area contributed by atoms with Crippen molar-refractivity contribution in [2.45, 2.75) is 341 Å². The van der Waals surface area contributed by atoms with Crippen molar-refractivity contribution in [3.8, 4) is 0 Å². The summed E-state index contributed by atoms with van der Waals surface area (Å²) in [7, 11) is -4.40. The van der Waals surface area contributed by atoms with Gasteiger partial charge in [-0.05, 0) is 89.9 Å². The molecule has 3 N–H and O–H groups in total. The largest absolute Gasteiger partial charge is 0.472 e. The first-order valence-corrected chi connectivity index (χ1v) is 36.6. The van der Waals surface area contributed by atoms with E-state index in [0.29, 0.717) is 6.42 Å². The van der Waals surface area contributed by atoms with Gasteiger partial charge in [-0.15, -0.1) is 0 Å². The highest BCUT2D eigenvalue weighted by Gasteiger charge is 2.26. The topological polar surface area (TPSA) is 134 Å². The zero-order chi connectivity index (χ0) is 60.1.